The molecular weight excluding hydrogens is 1050 g/mol. The molecule has 0 atom stereocenters. The maximum Gasteiger partial charge on any atom is 0.227 e. The molecule has 2 heterocycles. The third-order valence-corrected chi connectivity index (χ3v) is 18.3. The van der Waals surface area contributed by atoms with Crippen molar-refractivity contribution in [1.82, 2.24) is 19.9 Å². The highest BCUT2D eigenvalue weighted by Gasteiger charge is 2.34. The van der Waals surface area contributed by atoms with E-state index in [4.69, 9.17) is 33.1 Å². The van der Waals surface area contributed by atoms with Crippen LogP contribution in [0.15, 0.2) is 23.5 Å². The maximum absolute atomic E-state index is 9.75. The summed E-state index contributed by atoms with van der Waals surface area (Å²) >= 11 is 0. The van der Waals surface area contributed by atoms with Gasteiger partial charge in [0.25, 0.3) is 0 Å². The van der Waals surface area contributed by atoms with E-state index in [0.29, 0.717) is 24.7 Å². The first-order chi connectivity index (χ1) is 39.5. The lowest BCUT2D eigenvalue weighted by atomic mass is 9.69. The van der Waals surface area contributed by atoms with E-state index in [-0.39, 0.29) is 21.7 Å². The predicted octanol–water partition coefficient (Wildman–Crippen LogP) is 20.2. The number of hydrogen-bond donors (Lipinski definition) is 2. The second kappa shape index (κ2) is 25.6. The fourth-order valence-electron chi connectivity index (χ4n) is 12.6. The van der Waals surface area contributed by atoms with Gasteiger partial charge in [-0.3, -0.25) is 0 Å². The van der Waals surface area contributed by atoms with Crippen LogP contribution in [0, 0.1) is 133 Å². The van der Waals surface area contributed by atoms with Crippen molar-refractivity contribution in [3.63, 3.8) is 0 Å². The summed E-state index contributed by atoms with van der Waals surface area (Å²) in [6, 6.07) is 9.31. The molecule has 452 valence electrons. The number of nitriles is 2. The number of rotatable bonds is 10. The van der Waals surface area contributed by atoms with E-state index in [9.17, 15) is 10.5 Å². The molecule has 0 fully saturated rings. The van der Waals surface area contributed by atoms with Crippen LogP contribution in [-0.2, 0) is 34.5 Å². The van der Waals surface area contributed by atoms with Crippen molar-refractivity contribution in [1.29, 1.82) is 10.5 Å². The van der Waals surface area contributed by atoms with E-state index >= 15 is 0 Å². The van der Waals surface area contributed by atoms with E-state index in [1.807, 2.05) is 69.2 Å². The van der Waals surface area contributed by atoms with Crippen LogP contribution in [0.3, 0.4) is 0 Å². The number of allylic oxidation sites excluding steroid dienone is 4. The molecule has 0 aliphatic rings. The molecule has 10 nitrogen and oxygen atoms in total. The summed E-state index contributed by atoms with van der Waals surface area (Å²) in [5, 5.41) is 26.5. The molecule has 0 radical (unpaired) electrons. The summed E-state index contributed by atoms with van der Waals surface area (Å²) in [5.74, 6) is 1.14. The number of nitrogens with zero attached hydrogens (tertiary/aromatic N) is 8. The van der Waals surface area contributed by atoms with Crippen LogP contribution in [0.4, 0.5) is 23.3 Å². The molecule has 6 aromatic rings. The first-order valence-corrected chi connectivity index (χ1v) is 30.2. The lowest BCUT2D eigenvalue weighted by Gasteiger charge is -2.36. The zero-order valence-electron chi connectivity index (χ0n) is 58.1. The molecular formula is C76H98N10. The highest BCUT2D eigenvalue weighted by Crippen LogP contribution is 2.45. The molecule has 2 aromatic heterocycles. The van der Waals surface area contributed by atoms with Crippen molar-refractivity contribution in [3.8, 4) is 12.1 Å². The molecule has 86 heavy (non-hydrogen) atoms. The van der Waals surface area contributed by atoms with E-state index in [0.717, 1.165) is 129 Å². The molecule has 10 heteroatoms. The van der Waals surface area contributed by atoms with Crippen molar-refractivity contribution >= 4 is 34.4 Å². The van der Waals surface area contributed by atoms with Gasteiger partial charge in [-0.1, -0.05) is 95.2 Å². The minimum atomic E-state index is -0.128. The Morgan fingerprint density at radius 2 is 0.744 bits per heavy atom. The molecule has 0 saturated heterocycles. The number of anilines is 4. The molecule has 6 rings (SSSR count). The van der Waals surface area contributed by atoms with Gasteiger partial charge in [0.2, 0.25) is 11.9 Å². The summed E-state index contributed by atoms with van der Waals surface area (Å²) in [6.45, 7) is 79.5. The monoisotopic (exact) mass is 1150 g/mol. The Bertz CT molecular complexity index is 3830. The molecule has 0 amide bonds. The van der Waals surface area contributed by atoms with Crippen LogP contribution in [0.2, 0.25) is 0 Å². The summed E-state index contributed by atoms with van der Waals surface area (Å²) in [7, 11) is 0. The third kappa shape index (κ3) is 13.8. The predicted molar refractivity (Wildman–Crippen MR) is 362 cm³/mol. The van der Waals surface area contributed by atoms with Crippen LogP contribution >= 0.6 is 0 Å². The van der Waals surface area contributed by atoms with Crippen molar-refractivity contribution in [2.75, 3.05) is 10.6 Å². The summed E-state index contributed by atoms with van der Waals surface area (Å²) in [4.78, 5) is 27.5. The van der Waals surface area contributed by atoms with E-state index in [2.05, 4.69) is 183 Å². The van der Waals surface area contributed by atoms with Crippen LogP contribution < -0.4 is 10.6 Å². The number of aryl methyl sites for hydroxylation is 2. The van der Waals surface area contributed by atoms with Crippen molar-refractivity contribution in [3.05, 3.63) is 192 Å². The Morgan fingerprint density at radius 3 is 1.03 bits per heavy atom. The average molecular weight is 1150 g/mol. The zero-order chi connectivity index (χ0) is 65.5. The number of aromatic nitrogens is 4. The average Bonchev–Trinajstić information content (AvgIpc) is 0.971. The molecule has 0 spiro atoms. The third-order valence-electron chi connectivity index (χ3n) is 18.3. The largest absolute Gasteiger partial charge is 0.324 e. The van der Waals surface area contributed by atoms with Gasteiger partial charge in [0.15, 0.2) is 11.4 Å². The van der Waals surface area contributed by atoms with Gasteiger partial charge < -0.3 is 10.6 Å². The molecule has 0 aliphatic carbocycles. The summed E-state index contributed by atoms with van der Waals surface area (Å²) in [5.41, 5.74) is 33.2. The standard InChI is InChI=1S/C39H51N5.C37H47N5/c1-20-22(3)36(23(4)21(2)31(20)19-40)44-37-42-29(10)24(5)32(43-37)18-30-34(38(11,12)13)26(7)33(25(6)28(9)41-17)27(8)35(30)39(14,15)16;1-20-22(3)34(23(4)21(2)30(20)19-38)42-35-40-27(8)25(6)33(41-35)18-29-31(36(9,10)11)16-28(24(5)26(7)39-15)17-32(29)37(12,13)14/h18H2,1-16H3,(H,42,43,44);16-17H,18H2,1-14H3,(H,40,41,42)/b28-25+;26-24+. The molecule has 2 N–H and O–H groups in total. The molecule has 0 aliphatic heterocycles. The first kappa shape index (κ1) is 68.9. The summed E-state index contributed by atoms with van der Waals surface area (Å²) in [6.07, 6.45) is 1.36. The topological polar surface area (TPSA) is 132 Å². The number of benzene rings is 4. The Labute approximate surface area is 518 Å². The lowest BCUT2D eigenvalue weighted by molar-refractivity contribution is 0.550. The zero-order valence-corrected chi connectivity index (χ0v) is 58.1. The van der Waals surface area contributed by atoms with Gasteiger partial charge in [0.05, 0.1) is 47.8 Å². The maximum atomic E-state index is 9.75. The van der Waals surface area contributed by atoms with Crippen LogP contribution in [-0.4, -0.2) is 19.9 Å². The fourth-order valence-corrected chi connectivity index (χ4v) is 12.6. The van der Waals surface area contributed by atoms with Gasteiger partial charge in [-0.15, -0.1) is 0 Å². The second-order valence-electron chi connectivity index (χ2n) is 28.3. The van der Waals surface area contributed by atoms with Gasteiger partial charge in [0.1, 0.15) is 0 Å². The Morgan fingerprint density at radius 1 is 0.430 bits per heavy atom. The molecule has 0 unspecified atom stereocenters. The van der Waals surface area contributed by atoms with Crippen molar-refractivity contribution in [2.24, 2.45) is 0 Å². The Balaban J connectivity index is 0.000000314. The smallest absolute Gasteiger partial charge is 0.227 e. The first-order valence-electron chi connectivity index (χ1n) is 30.2. The van der Waals surface area contributed by atoms with E-state index in [1.165, 1.54) is 50.1 Å². The van der Waals surface area contributed by atoms with Gasteiger partial charge in [-0.2, -0.15) is 10.5 Å². The quantitative estimate of drug-likeness (QED) is 0.130. The van der Waals surface area contributed by atoms with Gasteiger partial charge in [-0.25, -0.2) is 29.6 Å². The second-order valence-corrected chi connectivity index (χ2v) is 28.3. The van der Waals surface area contributed by atoms with Gasteiger partial charge in [-0.05, 0) is 269 Å². The Kier molecular flexibility index (Phi) is 20.5. The lowest BCUT2D eigenvalue weighted by Crippen LogP contribution is -2.26. The minimum absolute atomic E-state index is 0.111. The van der Waals surface area contributed by atoms with Crippen LogP contribution in [0.1, 0.15) is 256 Å². The molecule has 0 bridgehead atoms. The fraction of sp³-hybridized carbons (Fsp3) is 0.474. The van der Waals surface area contributed by atoms with E-state index in [1.54, 1.807) is 0 Å². The summed E-state index contributed by atoms with van der Waals surface area (Å²) < 4.78 is 0. The van der Waals surface area contributed by atoms with Crippen LogP contribution in [0.25, 0.3) is 20.8 Å². The highest BCUT2D eigenvalue weighted by atomic mass is 15.1. The molecule has 4 aromatic carbocycles. The van der Waals surface area contributed by atoms with Gasteiger partial charge >= 0.3 is 0 Å². The van der Waals surface area contributed by atoms with Crippen molar-refractivity contribution < 1.29 is 0 Å². The van der Waals surface area contributed by atoms with E-state index < -0.39 is 0 Å². The highest BCUT2D eigenvalue weighted by molar-refractivity contribution is 5.78. The van der Waals surface area contributed by atoms with Crippen molar-refractivity contribution in [2.45, 2.75) is 242 Å². The SMILES string of the molecule is [C-]#[N+]/C(C)=C(\C)c1c(C)c(C(C)(C)C)c(Cc2nc(Nc3c(C)c(C)c(C#N)c(C)c3C)nc(C)c2C)c(C(C)(C)C)c1C.[C-]#[N+]/C(C)=C(\C)c1cc(C(C)(C)C)c(Cc2nc(Nc3c(C)c(C)c(C#N)c(C)c3C)nc(C)c2C)c(C(C)(C)C)c1. The normalized spacial score (nSPS) is 12.5. The van der Waals surface area contributed by atoms with Crippen LogP contribution in [0.5, 0.6) is 0 Å². The molecule has 0 saturated carbocycles. The Hall–Kier alpha value is -7.92. The minimum Gasteiger partial charge on any atom is -0.324 e. The number of nitrogens with one attached hydrogen (secondary N) is 2. The number of hydrogen-bond acceptors (Lipinski definition) is 8. The van der Waals surface area contributed by atoms with Gasteiger partial charge in [0, 0.05) is 35.6 Å².